The van der Waals surface area contributed by atoms with Gasteiger partial charge >= 0.3 is 0 Å². The number of fused-ring (bicyclic) bond motifs is 1. The predicted molar refractivity (Wildman–Crippen MR) is 92.3 cm³/mol. The number of hydrogen-bond donors (Lipinski definition) is 2. The predicted octanol–water partition coefficient (Wildman–Crippen LogP) is 3.52. The third-order valence-corrected chi connectivity index (χ3v) is 3.78. The summed E-state index contributed by atoms with van der Waals surface area (Å²) in [6.45, 7) is 0.737. The van der Waals surface area contributed by atoms with Gasteiger partial charge in [-0.05, 0) is 30.3 Å². The molecule has 0 aromatic heterocycles. The summed E-state index contributed by atoms with van der Waals surface area (Å²) in [5.41, 5.74) is 1.51. The van der Waals surface area contributed by atoms with E-state index in [4.69, 9.17) is 25.8 Å². The van der Waals surface area contributed by atoms with E-state index in [0.29, 0.717) is 35.2 Å². The lowest BCUT2D eigenvalue weighted by molar-refractivity contribution is -0.115. The first-order valence-electron chi connectivity index (χ1n) is 7.42. The van der Waals surface area contributed by atoms with Gasteiger partial charge in [0.2, 0.25) is 12.7 Å². The Labute approximate surface area is 144 Å². The number of anilines is 2. The van der Waals surface area contributed by atoms with Gasteiger partial charge in [-0.15, -0.1) is 0 Å². The van der Waals surface area contributed by atoms with Crippen molar-refractivity contribution in [3.63, 3.8) is 0 Å². The van der Waals surface area contributed by atoms with Crippen LogP contribution in [-0.2, 0) is 4.79 Å². The summed E-state index contributed by atoms with van der Waals surface area (Å²) in [5, 5.41) is 6.43. The maximum absolute atomic E-state index is 12.0. The van der Waals surface area contributed by atoms with Crippen LogP contribution in [-0.4, -0.2) is 26.4 Å². The Kier molecular flexibility index (Phi) is 4.96. The Hall–Kier alpha value is -2.60. The van der Waals surface area contributed by atoms with Gasteiger partial charge in [0.05, 0.1) is 12.1 Å². The molecule has 7 heteroatoms. The molecular formula is C17H17ClN2O4. The van der Waals surface area contributed by atoms with E-state index in [-0.39, 0.29) is 12.7 Å². The number of halogens is 1. The van der Waals surface area contributed by atoms with Crippen molar-refractivity contribution in [1.82, 2.24) is 0 Å². The van der Waals surface area contributed by atoms with Crippen molar-refractivity contribution in [2.45, 2.75) is 6.42 Å². The Balaban J connectivity index is 1.48. The molecule has 2 aromatic rings. The molecule has 0 atom stereocenters. The average Bonchev–Trinajstić information content (AvgIpc) is 3.03. The first-order chi connectivity index (χ1) is 11.7. The van der Waals surface area contributed by atoms with Crippen LogP contribution in [0.25, 0.3) is 0 Å². The van der Waals surface area contributed by atoms with Crippen molar-refractivity contribution in [3.05, 3.63) is 41.4 Å². The molecule has 0 aliphatic carbocycles. The standard InChI is InChI=1S/C17H17ClN2O4/c1-22-14-4-3-12(8-13(14)18)20-17(21)6-7-19-11-2-5-15-16(9-11)24-10-23-15/h2-5,8-9,19H,6-7,10H2,1H3,(H,20,21). The smallest absolute Gasteiger partial charge is 0.231 e. The second-order valence-corrected chi connectivity index (χ2v) is 5.55. The molecule has 0 unspecified atom stereocenters. The lowest BCUT2D eigenvalue weighted by Crippen LogP contribution is -2.16. The highest BCUT2D eigenvalue weighted by Crippen LogP contribution is 2.34. The number of carbonyl (C=O) groups excluding carboxylic acids is 1. The maximum Gasteiger partial charge on any atom is 0.231 e. The van der Waals surface area contributed by atoms with Crippen LogP contribution in [0.4, 0.5) is 11.4 Å². The van der Waals surface area contributed by atoms with Crippen LogP contribution < -0.4 is 24.8 Å². The molecule has 126 valence electrons. The fourth-order valence-corrected chi connectivity index (χ4v) is 2.55. The molecule has 0 radical (unpaired) electrons. The van der Waals surface area contributed by atoms with Gasteiger partial charge in [-0.1, -0.05) is 11.6 Å². The molecule has 0 fully saturated rings. The first-order valence-corrected chi connectivity index (χ1v) is 7.80. The van der Waals surface area contributed by atoms with Crippen molar-refractivity contribution >= 4 is 28.9 Å². The number of ether oxygens (including phenoxy) is 3. The van der Waals surface area contributed by atoms with E-state index in [1.807, 2.05) is 18.2 Å². The largest absolute Gasteiger partial charge is 0.495 e. The normalized spacial score (nSPS) is 11.9. The Morgan fingerprint density at radius 3 is 2.75 bits per heavy atom. The van der Waals surface area contributed by atoms with Crippen LogP contribution in [0.3, 0.4) is 0 Å². The molecule has 0 saturated carbocycles. The molecule has 3 rings (SSSR count). The van der Waals surface area contributed by atoms with E-state index in [9.17, 15) is 4.79 Å². The highest BCUT2D eigenvalue weighted by Gasteiger charge is 2.13. The zero-order chi connectivity index (χ0) is 16.9. The molecule has 1 amide bonds. The minimum Gasteiger partial charge on any atom is -0.495 e. The number of benzene rings is 2. The van der Waals surface area contributed by atoms with Crippen LogP contribution in [0.1, 0.15) is 6.42 Å². The fourth-order valence-electron chi connectivity index (χ4n) is 2.29. The molecule has 0 spiro atoms. The molecule has 2 aromatic carbocycles. The van der Waals surface area contributed by atoms with Crippen LogP contribution in [0.2, 0.25) is 5.02 Å². The highest BCUT2D eigenvalue weighted by atomic mass is 35.5. The van der Waals surface area contributed by atoms with E-state index >= 15 is 0 Å². The van der Waals surface area contributed by atoms with Gasteiger partial charge in [0.15, 0.2) is 11.5 Å². The van der Waals surface area contributed by atoms with Gasteiger partial charge in [-0.25, -0.2) is 0 Å². The molecule has 24 heavy (non-hydrogen) atoms. The zero-order valence-electron chi connectivity index (χ0n) is 13.1. The van der Waals surface area contributed by atoms with Gasteiger partial charge in [0, 0.05) is 30.4 Å². The second kappa shape index (κ2) is 7.31. The number of methoxy groups -OCH3 is 1. The zero-order valence-corrected chi connectivity index (χ0v) is 13.9. The number of rotatable bonds is 6. The summed E-state index contributed by atoms with van der Waals surface area (Å²) in [6.07, 6.45) is 0.318. The first kappa shape index (κ1) is 16.3. The summed E-state index contributed by atoms with van der Waals surface area (Å²) in [4.78, 5) is 12.0. The van der Waals surface area contributed by atoms with Gasteiger partial charge < -0.3 is 24.8 Å². The minimum absolute atomic E-state index is 0.107. The molecule has 1 heterocycles. The Morgan fingerprint density at radius 1 is 1.17 bits per heavy atom. The lowest BCUT2D eigenvalue weighted by Gasteiger charge is -2.09. The van der Waals surface area contributed by atoms with Crippen LogP contribution in [0.15, 0.2) is 36.4 Å². The van der Waals surface area contributed by atoms with Crippen molar-refractivity contribution < 1.29 is 19.0 Å². The van der Waals surface area contributed by atoms with E-state index in [0.717, 1.165) is 11.4 Å². The Bertz CT molecular complexity index is 751. The summed E-state index contributed by atoms with van der Waals surface area (Å²) in [6, 6.07) is 10.7. The van der Waals surface area contributed by atoms with E-state index in [1.165, 1.54) is 0 Å². The second-order valence-electron chi connectivity index (χ2n) is 5.14. The number of hydrogen-bond acceptors (Lipinski definition) is 5. The summed E-state index contributed by atoms with van der Waals surface area (Å²) < 4.78 is 15.6. The molecular weight excluding hydrogens is 332 g/mol. The van der Waals surface area contributed by atoms with E-state index < -0.39 is 0 Å². The quantitative estimate of drug-likeness (QED) is 0.836. The van der Waals surface area contributed by atoms with Gasteiger partial charge in [-0.3, -0.25) is 4.79 Å². The highest BCUT2D eigenvalue weighted by molar-refractivity contribution is 6.32. The summed E-state index contributed by atoms with van der Waals surface area (Å²) >= 11 is 6.03. The SMILES string of the molecule is COc1ccc(NC(=O)CCNc2ccc3c(c2)OCO3)cc1Cl. The van der Waals surface area contributed by atoms with Crippen molar-refractivity contribution in [1.29, 1.82) is 0 Å². The monoisotopic (exact) mass is 348 g/mol. The third-order valence-electron chi connectivity index (χ3n) is 3.49. The van der Waals surface area contributed by atoms with Crippen LogP contribution in [0, 0.1) is 0 Å². The summed E-state index contributed by atoms with van der Waals surface area (Å²) in [7, 11) is 1.54. The van der Waals surface area contributed by atoms with E-state index in [1.54, 1.807) is 25.3 Å². The molecule has 0 bridgehead atoms. The Morgan fingerprint density at radius 2 is 1.96 bits per heavy atom. The molecule has 1 aliphatic rings. The number of nitrogens with one attached hydrogen (secondary N) is 2. The van der Waals surface area contributed by atoms with Crippen molar-refractivity contribution in [2.24, 2.45) is 0 Å². The van der Waals surface area contributed by atoms with Crippen molar-refractivity contribution in [2.75, 3.05) is 31.1 Å². The van der Waals surface area contributed by atoms with E-state index in [2.05, 4.69) is 10.6 Å². The topological polar surface area (TPSA) is 68.8 Å². The molecule has 1 aliphatic heterocycles. The summed E-state index contributed by atoms with van der Waals surface area (Å²) in [5.74, 6) is 1.90. The van der Waals surface area contributed by atoms with Crippen LogP contribution >= 0.6 is 11.6 Å². The molecule has 0 saturated heterocycles. The van der Waals surface area contributed by atoms with Gasteiger partial charge in [0.1, 0.15) is 5.75 Å². The number of carbonyl (C=O) groups is 1. The number of amides is 1. The van der Waals surface area contributed by atoms with Gasteiger partial charge in [0.25, 0.3) is 0 Å². The average molecular weight is 349 g/mol. The minimum atomic E-state index is -0.107. The fraction of sp³-hybridized carbons (Fsp3) is 0.235. The lowest BCUT2D eigenvalue weighted by atomic mass is 10.2. The molecule has 6 nitrogen and oxygen atoms in total. The maximum atomic E-state index is 12.0. The molecule has 2 N–H and O–H groups in total. The van der Waals surface area contributed by atoms with Gasteiger partial charge in [-0.2, -0.15) is 0 Å². The van der Waals surface area contributed by atoms with Crippen molar-refractivity contribution in [3.8, 4) is 17.2 Å². The third kappa shape index (κ3) is 3.83. The van der Waals surface area contributed by atoms with Crippen LogP contribution in [0.5, 0.6) is 17.2 Å².